The van der Waals surface area contributed by atoms with E-state index in [1.807, 2.05) is 32.0 Å². The van der Waals surface area contributed by atoms with Gasteiger partial charge in [0.25, 0.3) is 0 Å². The van der Waals surface area contributed by atoms with E-state index < -0.39 is 24.0 Å². The minimum absolute atomic E-state index is 0.0584. The number of oxime groups is 1. The van der Waals surface area contributed by atoms with Crippen LogP contribution in [0.1, 0.15) is 29.5 Å². The lowest BCUT2D eigenvalue weighted by molar-refractivity contribution is -0.169. The van der Waals surface area contributed by atoms with E-state index in [-0.39, 0.29) is 6.42 Å². The van der Waals surface area contributed by atoms with Crippen molar-refractivity contribution in [2.24, 2.45) is 5.16 Å². The highest BCUT2D eigenvalue weighted by atomic mass is 16.7. The summed E-state index contributed by atoms with van der Waals surface area (Å²) in [5.74, 6) is -2.55. The maximum absolute atomic E-state index is 11.3. The monoisotopic (exact) mass is 277 g/mol. The van der Waals surface area contributed by atoms with E-state index >= 15 is 0 Å². The van der Waals surface area contributed by atoms with Crippen LogP contribution in [-0.4, -0.2) is 33.5 Å². The van der Waals surface area contributed by atoms with Gasteiger partial charge in [0, 0.05) is 6.42 Å². The van der Waals surface area contributed by atoms with E-state index in [4.69, 9.17) is 9.94 Å². The number of carboxylic acid groups (broad SMARTS) is 2. The summed E-state index contributed by atoms with van der Waals surface area (Å²) in [6.07, 6.45) is -0.683. The molecule has 0 amide bonds. The number of benzene rings is 1. The molecule has 2 N–H and O–H groups in total. The Morgan fingerprint density at radius 2 is 2.00 bits per heavy atom. The van der Waals surface area contributed by atoms with Crippen LogP contribution >= 0.6 is 0 Å². The predicted molar refractivity (Wildman–Crippen MR) is 70.8 cm³/mol. The largest absolute Gasteiger partial charge is 0.481 e. The molecule has 1 unspecified atom stereocenters. The van der Waals surface area contributed by atoms with E-state index in [2.05, 4.69) is 5.16 Å². The van der Waals surface area contributed by atoms with Gasteiger partial charge in [-0.3, -0.25) is 4.79 Å². The van der Waals surface area contributed by atoms with Gasteiger partial charge in [-0.2, -0.15) is 0 Å². The van der Waals surface area contributed by atoms with E-state index in [0.717, 1.165) is 16.7 Å². The van der Waals surface area contributed by atoms with Crippen LogP contribution in [-0.2, 0) is 14.4 Å². The molecule has 6 heteroatoms. The minimum Gasteiger partial charge on any atom is -0.481 e. The first-order chi connectivity index (χ1) is 9.34. The lowest BCUT2D eigenvalue weighted by Gasteiger charge is -2.18. The van der Waals surface area contributed by atoms with Crippen LogP contribution in [0.4, 0.5) is 0 Å². The van der Waals surface area contributed by atoms with Crippen molar-refractivity contribution in [2.75, 3.05) is 0 Å². The van der Waals surface area contributed by atoms with E-state index in [0.29, 0.717) is 5.71 Å². The third-order valence-corrected chi connectivity index (χ3v) is 3.45. The van der Waals surface area contributed by atoms with Gasteiger partial charge in [-0.15, -0.1) is 0 Å². The third-order valence-electron chi connectivity index (χ3n) is 3.45. The molecule has 1 atom stereocenters. The topological polar surface area (TPSA) is 96.2 Å². The van der Waals surface area contributed by atoms with Crippen molar-refractivity contribution in [2.45, 2.75) is 32.3 Å². The van der Waals surface area contributed by atoms with Crippen LogP contribution in [0.3, 0.4) is 0 Å². The Kier molecular flexibility index (Phi) is 3.48. The number of rotatable bonds is 4. The average molecular weight is 277 g/mol. The molecule has 0 fully saturated rings. The number of aryl methyl sites for hydroxylation is 2. The second-order valence-corrected chi connectivity index (χ2v) is 4.98. The number of nitrogens with zero attached hydrogens (tertiary/aromatic N) is 1. The summed E-state index contributed by atoms with van der Waals surface area (Å²) < 4.78 is 0. The number of aliphatic carboxylic acids is 2. The Balaban J connectivity index is 2.27. The fourth-order valence-corrected chi connectivity index (χ4v) is 2.08. The standard InChI is InChI=1S/C14H15NO5/c1-8-3-4-10(5-9(8)2)11-6-14(13(18)19,20-15-11)7-12(16)17/h3-5H,6-7H2,1-2H3,(H,16,17)(H,18,19). The molecule has 20 heavy (non-hydrogen) atoms. The zero-order chi connectivity index (χ0) is 14.9. The fourth-order valence-electron chi connectivity index (χ4n) is 2.08. The van der Waals surface area contributed by atoms with Crippen molar-refractivity contribution in [3.8, 4) is 0 Å². The summed E-state index contributed by atoms with van der Waals surface area (Å²) in [6, 6.07) is 5.62. The van der Waals surface area contributed by atoms with Crippen molar-refractivity contribution in [1.82, 2.24) is 0 Å². The summed E-state index contributed by atoms with van der Waals surface area (Å²) in [7, 11) is 0. The number of hydrogen-bond acceptors (Lipinski definition) is 4. The summed E-state index contributed by atoms with van der Waals surface area (Å²) in [4.78, 5) is 27.1. The second-order valence-electron chi connectivity index (χ2n) is 4.98. The second kappa shape index (κ2) is 4.96. The summed E-state index contributed by atoms with van der Waals surface area (Å²) in [5, 5.41) is 21.8. The maximum atomic E-state index is 11.3. The van der Waals surface area contributed by atoms with Crippen molar-refractivity contribution in [3.05, 3.63) is 34.9 Å². The summed E-state index contributed by atoms with van der Waals surface area (Å²) >= 11 is 0. The highest BCUT2D eigenvalue weighted by Gasteiger charge is 2.49. The molecule has 1 aromatic rings. The molecule has 2 rings (SSSR count). The quantitative estimate of drug-likeness (QED) is 0.873. The Labute approximate surface area is 115 Å². The van der Waals surface area contributed by atoms with Crippen LogP contribution in [0.2, 0.25) is 0 Å². The van der Waals surface area contributed by atoms with Gasteiger partial charge in [-0.25, -0.2) is 4.79 Å². The van der Waals surface area contributed by atoms with Gasteiger partial charge in [0.2, 0.25) is 5.60 Å². The maximum Gasteiger partial charge on any atom is 0.351 e. The first kappa shape index (κ1) is 14.0. The Morgan fingerprint density at radius 3 is 2.55 bits per heavy atom. The highest BCUT2D eigenvalue weighted by Crippen LogP contribution is 2.31. The molecule has 106 valence electrons. The van der Waals surface area contributed by atoms with Gasteiger partial charge in [0.15, 0.2) is 0 Å². The zero-order valence-corrected chi connectivity index (χ0v) is 11.2. The number of hydrogen-bond donors (Lipinski definition) is 2. The predicted octanol–water partition coefficient (Wildman–Crippen LogP) is 1.73. The minimum atomic E-state index is -1.81. The smallest absolute Gasteiger partial charge is 0.351 e. The van der Waals surface area contributed by atoms with Crippen LogP contribution in [0, 0.1) is 13.8 Å². The summed E-state index contributed by atoms with van der Waals surface area (Å²) in [6.45, 7) is 3.91. The molecule has 1 aliphatic rings. The van der Waals surface area contributed by atoms with Crippen LogP contribution in [0.5, 0.6) is 0 Å². The van der Waals surface area contributed by atoms with Crippen molar-refractivity contribution >= 4 is 17.7 Å². The highest BCUT2D eigenvalue weighted by molar-refractivity contribution is 6.05. The van der Waals surface area contributed by atoms with Gasteiger partial charge in [-0.1, -0.05) is 17.3 Å². The lowest BCUT2D eigenvalue weighted by Crippen LogP contribution is -2.41. The normalized spacial score (nSPS) is 21.2. The molecule has 0 radical (unpaired) electrons. The Bertz CT molecular complexity index is 608. The Morgan fingerprint density at radius 1 is 1.30 bits per heavy atom. The lowest BCUT2D eigenvalue weighted by atomic mass is 9.90. The molecule has 6 nitrogen and oxygen atoms in total. The molecular weight excluding hydrogens is 262 g/mol. The number of carboxylic acids is 2. The van der Waals surface area contributed by atoms with Gasteiger partial charge < -0.3 is 15.1 Å². The molecule has 0 bridgehead atoms. The van der Waals surface area contributed by atoms with E-state index in [1.165, 1.54) is 0 Å². The van der Waals surface area contributed by atoms with Crippen molar-refractivity contribution in [1.29, 1.82) is 0 Å². The average Bonchev–Trinajstić information content (AvgIpc) is 2.77. The third kappa shape index (κ3) is 2.49. The SMILES string of the molecule is Cc1ccc(C2=NOC(CC(=O)O)(C(=O)O)C2)cc1C. The van der Waals surface area contributed by atoms with E-state index in [1.54, 1.807) is 0 Å². The molecule has 1 aliphatic heterocycles. The van der Waals surface area contributed by atoms with Crippen molar-refractivity contribution in [3.63, 3.8) is 0 Å². The first-order valence-electron chi connectivity index (χ1n) is 6.12. The summed E-state index contributed by atoms with van der Waals surface area (Å²) in [5.41, 5.74) is 1.57. The van der Waals surface area contributed by atoms with Crippen LogP contribution in [0.25, 0.3) is 0 Å². The molecule has 0 saturated heterocycles. The van der Waals surface area contributed by atoms with Gasteiger partial charge >= 0.3 is 11.9 Å². The van der Waals surface area contributed by atoms with Gasteiger partial charge in [0.05, 0.1) is 12.1 Å². The molecule has 0 spiro atoms. The molecule has 0 aliphatic carbocycles. The molecule has 1 aromatic carbocycles. The molecule has 0 saturated carbocycles. The fraction of sp³-hybridized carbons (Fsp3) is 0.357. The van der Waals surface area contributed by atoms with Crippen molar-refractivity contribution < 1.29 is 24.6 Å². The van der Waals surface area contributed by atoms with Gasteiger partial charge in [0.1, 0.15) is 0 Å². The van der Waals surface area contributed by atoms with Crippen LogP contribution in [0.15, 0.2) is 23.4 Å². The first-order valence-corrected chi connectivity index (χ1v) is 6.12. The van der Waals surface area contributed by atoms with E-state index in [9.17, 15) is 14.7 Å². The molecular formula is C14H15NO5. The Hall–Kier alpha value is -2.37. The number of carbonyl (C=O) groups is 2. The molecule has 1 heterocycles. The van der Waals surface area contributed by atoms with Crippen LogP contribution < -0.4 is 0 Å². The molecule has 0 aromatic heterocycles. The zero-order valence-electron chi connectivity index (χ0n) is 11.2. The van der Waals surface area contributed by atoms with Gasteiger partial charge in [-0.05, 0) is 36.6 Å².